The molecule has 2 rings (SSSR count). The molecule has 1 fully saturated rings. The molecular weight excluding hydrogens is 648 g/mol. The van der Waals surface area contributed by atoms with Gasteiger partial charge >= 0.3 is 12.1 Å². The molecule has 0 aromatic heterocycles. The van der Waals surface area contributed by atoms with Gasteiger partial charge < -0.3 is 42.2 Å². The van der Waals surface area contributed by atoms with Crippen LogP contribution in [-0.4, -0.2) is 104 Å². The highest BCUT2D eigenvalue weighted by molar-refractivity contribution is 7.89. The number of carboxylic acid groups (broad SMARTS) is 1. The molecule has 266 valence electrons. The average Bonchev–Trinajstić information content (AvgIpc) is 3.56. The van der Waals surface area contributed by atoms with Crippen LogP contribution in [0.5, 0.6) is 0 Å². The van der Waals surface area contributed by atoms with Crippen LogP contribution >= 0.6 is 0 Å². The first-order valence-electron chi connectivity index (χ1n) is 15.6. The van der Waals surface area contributed by atoms with E-state index in [9.17, 15) is 37.5 Å². The first kappa shape index (κ1) is 39.5. The quantitative estimate of drug-likeness (QED) is 0.0360. The van der Waals surface area contributed by atoms with Crippen molar-refractivity contribution in [1.82, 2.24) is 30.9 Å². The predicted octanol–water partition coefficient (Wildman–Crippen LogP) is -0.254. The minimum Gasteiger partial charge on any atom is -0.480 e. The molecule has 1 aliphatic rings. The number of benzene rings is 1. The number of unbranched alkanes of at least 4 members (excludes halogenated alkanes) is 2. The molecule has 1 saturated heterocycles. The lowest BCUT2D eigenvalue weighted by atomic mass is 10.1. The number of nitrogens with zero attached hydrogens (tertiary/aromatic N) is 1. The number of carboxylic acids is 1. The molecule has 1 heterocycles. The lowest BCUT2D eigenvalue weighted by molar-refractivity contribution is -0.142. The van der Waals surface area contributed by atoms with Gasteiger partial charge in [0.25, 0.3) is 0 Å². The molecule has 1 aromatic rings. The van der Waals surface area contributed by atoms with E-state index in [1.54, 1.807) is 18.2 Å². The van der Waals surface area contributed by atoms with Crippen molar-refractivity contribution < 1.29 is 42.2 Å². The van der Waals surface area contributed by atoms with Crippen LogP contribution < -0.4 is 32.3 Å². The Balaban J connectivity index is 2.00. The second kappa shape index (κ2) is 20.5. The number of aliphatic carboxylic acids is 1. The highest BCUT2D eigenvalue weighted by atomic mass is 32.2. The summed E-state index contributed by atoms with van der Waals surface area (Å²) < 4.78 is 32.2. The maximum Gasteiger partial charge on any atom is 0.407 e. The van der Waals surface area contributed by atoms with Crippen molar-refractivity contribution in [2.24, 2.45) is 5.73 Å². The van der Waals surface area contributed by atoms with Crippen LogP contribution in [0.1, 0.15) is 51.4 Å². The van der Waals surface area contributed by atoms with Gasteiger partial charge in [0, 0.05) is 32.6 Å². The van der Waals surface area contributed by atoms with Crippen LogP contribution in [0.3, 0.4) is 0 Å². The molecule has 4 amide bonds. The van der Waals surface area contributed by atoms with Gasteiger partial charge in [0.15, 0.2) is 5.96 Å². The van der Waals surface area contributed by atoms with Crippen LogP contribution in [0.2, 0.25) is 0 Å². The molecule has 0 aliphatic carbocycles. The van der Waals surface area contributed by atoms with Gasteiger partial charge in [-0.3, -0.25) is 19.8 Å². The highest BCUT2D eigenvalue weighted by Crippen LogP contribution is 2.26. The molecule has 0 bridgehead atoms. The number of hydrogen-bond donors (Lipinski definition) is 8. The van der Waals surface area contributed by atoms with Gasteiger partial charge in [-0.05, 0) is 57.1 Å². The highest BCUT2D eigenvalue weighted by Gasteiger charge is 2.40. The van der Waals surface area contributed by atoms with Crippen LogP contribution in [-0.2, 0) is 33.9 Å². The predicted molar refractivity (Wildman–Crippen MR) is 175 cm³/mol. The molecule has 0 saturated carbocycles. The summed E-state index contributed by atoms with van der Waals surface area (Å²) in [6.07, 6.45) is 3.46. The number of ether oxygens (including phenoxy) is 1. The lowest BCUT2D eigenvalue weighted by Gasteiger charge is -2.25. The van der Waals surface area contributed by atoms with Gasteiger partial charge in [0.1, 0.15) is 24.7 Å². The SMILES string of the molecule is C=CCOC(=O)NCCCCC(NC(=O)CCCCNC(=N)N)C(=O)NCC(NC(=O)C1CCCN1S(=O)(=O)c1ccccc1)C(=O)O. The Hall–Kier alpha value is -4.71. The maximum absolute atomic E-state index is 13.2. The number of sulfonamides is 1. The van der Waals surface area contributed by atoms with Gasteiger partial charge in [0.05, 0.1) is 4.90 Å². The van der Waals surface area contributed by atoms with E-state index in [2.05, 4.69) is 33.2 Å². The van der Waals surface area contributed by atoms with E-state index in [0.29, 0.717) is 38.6 Å². The van der Waals surface area contributed by atoms with E-state index in [0.717, 1.165) is 4.31 Å². The molecule has 0 radical (unpaired) electrons. The summed E-state index contributed by atoms with van der Waals surface area (Å²) in [6.45, 7) is 3.70. The molecule has 1 aromatic carbocycles. The van der Waals surface area contributed by atoms with Crippen molar-refractivity contribution in [3.05, 3.63) is 43.0 Å². The third-order valence-electron chi connectivity index (χ3n) is 7.27. The smallest absolute Gasteiger partial charge is 0.407 e. The summed E-state index contributed by atoms with van der Waals surface area (Å²) >= 11 is 0. The zero-order valence-electron chi connectivity index (χ0n) is 26.7. The summed E-state index contributed by atoms with van der Waals surface area (Å²) in [5.74, 6) is -3.55. The molecule has 1 aliphatic heterocycles. The molecule has 3 unspecified atom stereocenters. The van der Waals surface area contributed by atoms with Crippen LogP contribution in [0.25, 0.3) is 0 Å². The largest absolute Gasteiger partial charge is 0.480 e. The Morgan fingerprint density at radius 3 is 2.38 bits per heavy atom. The standard InChI is InChI=1S/C30H46N8O9S/c1-2-19-47-30(44)34-17-8-6-13-22(36-25(39)15-7-9-16-33-29(31)32)26(40)35-20-23(28(42)43)37-27(41)24-14-10-18-38(24)48(45,46)21-11-4-3-5-12-21/h2-5,11-12,22-24H,1,6-10,13-20H2,(H,34,44)(H,35,40)(H,36,39)(H,37,41)(H,42,43)(H4,31,32,33). The number of amides is 4. The molecule has 3 atom stereocenters. The number of nitrogens with two attached hydrogens (primary N) is 1. The topological polar surface area (TPSA) is 262 Å². The van der Waals surface area contributed by atoms with Gasteiger partial charge in [0.2, 0.25) is 27.7 Å². The molecule has 18 heteroatoms. The van der Waals surface area contributed by atoms with Crippen molar-refractivity contribution in [2.45, 2.75) is 74.4 Å². The lowest BCUT2D eigenvalue weighted by Crippen LogP contribution is -2.55. The van der Waals surface area contributed by atoms with E-state index in [4.69, 9.17) is 15.9 Å². The normalized spacial score (nSPS) is 15.7. The van der Waals surface area contributed by atoms with Gasteiger partial charge in [-0.1, -0.05) is 30.9 Å². The van der Waals surface area contributed by atoms with Crippen molar-refractivity contribution >= 4 is 45.8 Å². The molecule has 9 N–H and O–H groups in total. The van der Waals surface area contributed by atoms with E-state index in [1.165, 1.54) is 18.2 Å². The number of rotatable bonds is 21. The summed E-state index contributed by atoms with van der Waals surface area (Å²) in [6, 6.07) is 3.84. The monoisotopic (exact) mass is 694 g/mol. The van der Waals surface area contributed by atoms with Gasteiger partial charge in [-0.25, -0.2) is 18.0 Å². The first-order valence-corrected chi connectivity index (χ1v) is 17.1. The Kier molecular flexibility index (Phi) is 16.9. The Morgan fingerprint density at radius 2 is 1.71 bits per heavy atom. The number of alkyl carbamates (subject to hydrolysis) is 1. The summed E-state index contributed by atoms with van der Waals surface area (Å²) in [5.41, 5.74) is 5.24. The minimum absolute atomic E-state index is 0.0102. The van der Waals surface area contributed by atoms with Crippen LogP contribution in [0.15, 0.2) is 47.9 Å². The van der Waals surface area contributed by atoms with Crippen molar-refractivity contribution in [2.75, 3.05) is 32.8 Å². The maximum atomic E-state index is 13.2. The fourth-order valence-corrected chi connectivity index (χ4v) is 6.51. The molecule has 48 heavy (non-hydrogen) atoms. The van der Waals surface area contributed by atoms with Crippen LogP contribution in [0, 0.1) is 5.41 Å². The number of guanidine groups is 1. The first-order chi connectivity index (χ1) is 22.9. The van der Waals surface area contributed by atoms with E-state index < -0.39 is 64.5 Å². The third-order valence-corrected chi connectivity index (χ3v) is 9.19. The summed E-state index contributed by atoms with van der Waals surface area (Å²) in [7, 11) is -4.01. The number of carbonyl (C=O) groups is 5. The molecule has 0 spiro atoms. The third kappa shape index (κ3) is 13.6. The van der Waals surface area contributed by atoms with Crippen molar-refractivity contribution in [3.63, 3.8) is 0 Å². The summed E-state index contributed by atoms with van der Waals surface area (Å²) in [4.78, 5) is 62.6. The van der Waals surface area contributed by atoms with E-state index >= 15 is 0 Å². The molecular formula is C30H46N8O9S. The van der Waals surface area contributed by atoms with Gasteiger partial charge in [-0.2, -0.15) is 4.31 Å². The Morgan fingerprint density at radius 1 is 1.02 bits per heavy atom. The zero-order valence-corrected chi connectivity index (χ0v) is 27.6. The second-order valence-electron chi connectivity index (χ2n) is 11.0. The van der Waals surface area contributed by atoms with Crippen molar-refractivity contribution in [3.8, 4) is 0 Å². The average molecular weight is 695 g/mol. The van der Waals surface area contributed by atoms with E-state index in [1.807, 2.05) is 0 Å². The number of hydrogen-bond acceptors (Lipinski definition) is 9. The van der Waals surface area contributed by atoms with Gasteiger partial charge in [-0.15, -0.1) is 0 Å². The van der Waals surface area contributed by atoms with E-state index in [-0.39, 0.29) is 49.8 Å². The second-order valence-corrected chi connectivity index (χ2v) is 12.8. The fourth-order valence-electron chi connectivity index (χ4n) is 4.83. The Labute approximate surface area is 280 Å². The van der Waals surface area contributed by atoms with Crippen molar-refractivity contribution in [1.29, 1.82) is 5.41 Å². The number of nitrogens with one attached hydrogen (secondary N) is 6. The summed E-state index contributed by atoms with van der Waals surface area (Å²) in [5, 5.41) is 29.6. The molecule has 17 nitrogen and oxygen atoms in total. The van der Waals surface area contributed by atoms with Crippen LogP contribution in [0.4, 0.5) is 4.79 Å². The minimum atomic E-state index is -4.01. The fraction of sp³-hybridized carbons (Fsp3) is 0.533. The zero-order chi connectivity index (χ0) is 35.5. The number of carbonyl (C=O) groups excluding carboxylic acids is 4. The Bertz CT molecular complexity index is 1380.